The molecule has 1 fully saturated rings. The minimum Gasteiger partial charge on any atom is -0.323 e. The van der Waals surface area contributed by atoms with E-state index in [1.54, 1.807) is 0 Å². The van der Waals surface area contributed by atoms with E-state index in [9.17, 15) is 0 Å². The molecule has 1 aliphatic carbocycles. The van der Waals surface area contributed by atoms with Gasteiger partial charge in [0.15, 0.2) is 0 Å². The topological polar surface area (TPSA) is 29.3 Å². The van der Waals surface area contributed by atoms with Crippen LogP contribution in [0.1, 0.15) is 44.2 Å². The third-order valence-electron chi connectivity index (χ3n) is 3.77. The Morgan fingerprint density at radius 1 is 1.22 bits per heavy atom. The van der Waals surface area contributed by atoms with Crippen molar-refractivity contribution in [2.45, 2.75) is 38.6 Å². The first-order chi connectivity index (χ1) is 8.79. The van der Waals surface area contributed by atoms with Crippen molar-refractivity contribution in [1.82, 2.24) is 4.90 Å². The van der Waals surface area contributed by atoms with Crippen LogP contribution in [-0.4, -0.2) is 24.5 Å². The molecular weight excluding hydrogens is 220 g/mol. The van der Waals surface area contributed by atoms with Crippen LogP contribution >= 0.6 is 0 Å². The van der Waals surface area contributed by atoms with Gasteiger partial charge in [0.05, 0.1) is 0 Å². The van der Waals surface area contributed by atoms with Crippen LogP contribution in [-0.2, 0) is 0 Å². The van der Waals surface area contributed by atoms with Crippen LogP contribution in [0, 0.1) is 5.92 Å². The highest BCUT2D eigenvalue weighted by molar-refractivity contribution is 5.18. The summed E-state index contributed by atoms with van der Waals surface area (Å²) < 4.78 is 0. The molecule has 0 amide bonds. The summed E-state index contributed by atoms with van der Waals surface area (Å²) in [5.74, 6) is 1.01. The van der Waals surface area contributed by atoms with Gasteiger partial charge in [0.2, 0.25) is 0 Å². The lowest BCUT2D eigenvalue weighted by Crippen LogP contribution is -2.33. The van der Waals surface area contributed by atoms with E-state index in [1.807, 2.05) is 6.07 Å². The van der Waals surface area contributed by atoms with E-state index in [1.165, 1.54) is 44.3 Å². The predicted octanol–water partition coefficient (Wildman–Crippen LogP) is 3.20. The van der Waals surface area contributed by atoms with Crippen molar-refractivity contribution in [2.75, 3.05) is 19.6 Å². The zero-order valence-electron chi connectivity index (χ0n) is 11.5. The van der Waals surface area contributed by atoms with E-state index in [0.29, 0.717) is 0 Å². The van der Waals surface area contributed by atoms with Crippen molar-refractivity contribution in [3.63, 3.8) is 0 Å². The average Bonchev–Trinajstić information content (AvgIpc) is 3.21. The van der Waals surface area contributed by atoms with Crippen molar-refractivity contribution < 1.29 is 0 Å². The maximum Gasteiger partial charge on any atom is 0.0424 e. The molecule has 2 rings (SSSR count). The molecule has 2 nitrogen and oxygen atoms in total. The summed E-state index contributed by atoms with van der Waals surface area (Å²) in [6, 6.07) is 10.6. The summed E-state index contributed by atoms with van der Waals surface area (Å²) in [5, 5.41) is 0. The standard InChI is InChI=1S/C16H26N2/c1-2-11-18(12-10-14-8-9-14)13-16(17)15-6-4-3-5-7-15/h3-7,14,16H,2,8-13,17H2,1H3. The third-order valence-corrected chi connectivity index (χ3v) is 3.77. The van der Waals surface area contributed by atoms with Crippen LogP contribution in [0.25, 0.3) is 0 Å². The highest BCUT2D eigenvalue weighted by Crippen LogP contribution is 2.32. The molecule has 2 N–H and O–H groups in total. The minimum atomic E-state index is 0.150. The first-order valence-corrected chi connectivity index (χ1v) is 7.32. The lowest BCUT2D eigenvalue weighted by atomic mass is 10.1. The fraction of sp³-hybridized carbons (Fsp3) is 0.625. The molecule has 1 unspecified atom stereocenters. The third kappa shape index (κ3) is 4.43. The molecule has 1 aromatic carbocycles. The van der Waals surface area contributed by atoms with Crippen LogP contribution in [0.15, 0.2) is 30.3 Å². The van der Waals surface area contributed by atoms with E-state index in [2.05, 4.69) is 36.1 Å². The summed E-state index contributed by atoms with van der Waals surface area (Å²) in [6.07, 6.45) is 5.48. The van der Waals surface area contributed by atoms with Gasteiger partial charge in [-0.25, -0.2) is 0 Å². The number of nitrogens with two attached hydrogens (primary N) is 1. The Balaban J connectivity index is 1.82. The summed E-state index contributed by atoms with van der Waals surface area (Å²) in [5.41, 5.74) is 7.56. The summed E-state index contributed by atoms with van der Waals surface area (Å²) in [4.78, 5) is 2.54. The molecule has 2 heteroatoms. The summed E-state index contributed by atoms with van der Waals surface area (Å²) in [6.45, 7) is 5.63. The SMILES string of the molecule is CCCN(CCC1CC1)CC(N)c1ccccc1. The molecule has 0 aliphatic heterocycles. The first-order valence-electron chi connectivity index (χ1n) is 7.32. The monoisotopic (exact) mass is 246 g/mol. The van der Waals surface area contributed by atoms with Crippen molar-refractivity contribution in [3.05, 3.63) is 35.9 Å². The van der Waals surface area contributed by atoms with Crippen LogP contribution in [0.2, 0.25) is 0 Å². The lowest BCUT2D eigenvalue weighted by Gasteiger charge is -2.25. The van der Waals surface area contributed by atoms with Gasteiger partial charge in [-0.1, -0.05) is 50.1 Å². The Hall–Kier alpha value is -0.860. The molecule has 0 saturated heterocycles. The molecule has 1 atom stereocenters. The van der Waals surface area contributed by atoms with E-state index < -0.39 is 0 Å². The number of benzene rings is 1. The first kappa shape index (κ1) is 13.6. The maximum absolute atomic E-state index is 6.31. The molecule has 0 spiro atoms. The van der Waals surface area contributed by atoms with Crippen LogP contribution in [0.3, 0.4) is 0 Å². The largest absolute Gasteiger partial charge is 0.323 e. The summed E-state index contributed by atoms with van der Waals surface area (Å²) >= 11 is 0. The second-order valence-corrected chi connectivity index (χ2v) is 5.55. The molecule has 0 aromatic heterocycles. The Morgan fingerprint density at radius 3 is 2.56 bits per heavy atom. The molecule has 1 saturated carbocycles. The van der Waals surface area contributed by atoms with Gasteiger partial charge in [-0.05, 0) is 37.4 Å². The zero-order valence-corrected chi connectivity index (χ0v) is 11.5. The molecule has 1 aliphatic rings. The van der Waals surface area contributed by atoms with E-state index >= 15 is 0 Å². The number of rotatable bonds is 8. The van der Waals surface area contributed by atoms with Gasteiger partial charge in [-0.15, -0.1) is 0 Å². The normalized spacial score (nSPS) is 17.1. The van der Waals surface area contributed by atoms with Gasteiger partial charge in [-0.3, -0.25) is 0 Å². The fourth-order valence-corrected chi connectivity index (χ4v) is 2.47. The summed E-state index contributed by atoms with van der Waals surface area (Å²) in [7, 11) is 0. The molecular formula is C16H26N2. The van der Waals surface area contributed by atoms with E-state index in [-0.39, 0.29) is 6.04 Å². The lowest BCUT2D eigenvalue weighted by molar-refractivity contribution is 0.250. The highest BCUT2D eigenvalue weighted by atomic mass is 15.1. The Morgan fingerprint density at radius 2 is 1.94 bits per heavy atom. The Kier molecular flexibility index (Phi) is 5.21. The van der Waals surface area contributed by atoms with Crippen molar-refractivity contribution in [1.29, 1.82) is 0 Å². The molecule has 0 bridgehead atoms. The van der Waals surface area contributed by atoms with Gasteiger partial charge in [0, 0.05) is 12.6 Å². The zero-order chi connectivity index (χ0) is 12.8. The quantitative estimate of drug-likeness (QED) is 0.763. The second kappa shape index (κ2) is 6.91. The molecule has 1 aromatic rings. The smallest absolute Gasteiger partial charge is 0.0424 e. The molecule has 100 valence electrons. The number of hydrogen-bond acceptors (Lipinski definition) is 2. The maximum atomic E-state index is 6.31. The fourth-order valence-electron chi connectivity index (χ4n) is 2.47. The van der Waals surface area contributed by atoms with Crippen LogP contribution in [0.4, 0.5) is 0 Å². The van der Waals surface area contributed by atoms with Crippen LogP contribution in [0.5, 0.6) is 0 Å². The van der Waals surface area contributed by atoms with Gasteiger partial charge in [-0.2, -0.15) is 0 Å². The van der Waals surface area contributed by atoms with E-state index in [0.717, 1.165) is 12.5 Å². The predicted molar refractivity (Wildman–Crippen MR) is 77.4 cm³/mol. The average molecular weight is 246 g/mol. The molecule has 0 radical (unpaired) electrons. The van der Waals surface area contributed by atoms with Gasteiger partial charge in [0.1, 0.15) is 0 Å². The van der Waals surface area contributed by atoms with Crippen molar-refractivity contribution in [2.24, 2.45) is 11.7 Å². The number of nitrogens with zero attached hydrogens (tertiary/aromatic N) is 1. The second-order valence-electron chi connectivity index (χ2n) is 5.55. The van der Waals surface area contributed by atoms with Crippen molar-refractivity contribution in [3.8, 4) is 0 Å². The highest BCUT2D eigenvalue weighted by Gasteiger charge is 2.22. The number of hydrogen-bond donors (Lipinski definition) is 1. The van der Waals surface area contributed by atoms with Gasteiger partial charge >= 0.3 is 0 Å². The molecule has 18 heavy (non-hydrogen) atoms. The Labute approximate surface area is 111 Å². The van der Waals surface area contributed by atoms with E-state index in [4.69, 9.17) is 5.73 Å². The minimum absolute atomic E-state index is 0.150. The molecule has 0 heterocycles. The van der Waals surface area contributed by atoms with Gasteiger partial charge in [0.25, 0.3) is 0 Å². The van der Waals surface area contributed by atoms with Crippen LogP contribution < -0.4 is 5.73 Å². The van der Waals surface area contributed by atoms with Gasteiger partial charge < -0.3 is 10.6 Å². The van der Waals surface area contributed by atoms with Crippen molar-refractivity contribution >= 4 is 0 Å². The Bertz CT molecular complexity index is 332.